The van der Waals surface area contributed by atoms with Crippen molar-refractivity contribution in [1.82, 2.24) is 65.1 Å². The van der Waals surface area contributed by atoms with Gasteiger partial charge in [0.2, 0.25) is 29.4 Å². The molecule has 79 heavy (non-hydrogen) atoms. The van der Waals surface area contributed by atoms with Crippen LogP contribution in [0.5, 0.6) is 23.0 Å². The predicted molar refractivity (Wildman–Crippen MR) is 294 cm³/mol. The molecular weight excluding hydrogens is 1010 g/mol. The fourth-order valence-corrected chi connectivity index (χ4v) is 9.79. The zero-order valence-electron chi connectivity index (χ0n) is 45.4. The van der Waals surface area contributed by atoms with E-state index in [0.29, 0.717) is 112 Å². The molecule has 6 aromatic rings. The molecule has 2 aliphatic rings. The Morgan fingerprint density at radius 3 is 1.30 bits per heavy atom. The van der Waals surface area contributed by atoms with Crippen LogP contribution in [0.2, 0.25) is 0 Å². The van der Waals surface area contributed by atoms with E-state index in [1.165, 1.54) is 12.1 Å². The average molecular weight is 1080 g/mol. The summed E-state index contributed by atoms with van der Waals surface area (Å²) in [5, 5.41) is 67.9. The largest absolute Gasteiger partial charge is 0.508 e. The molecule has 23 nitrogen and oxygen atoms in total. The Labute approximate surface area is 458 Å². The van der Waals surface area contributed by atoms with Crippen molar-refractivity contribution in [3.05, 3.63) is 107 Å². The van der Waals surface area contributed by atoms with Gasteiger partial charge in [0.1, 0.15) is 23.0 Å². The van der Waals surface area contributed by atoms with Crippen LogP contribution in [-0.2, 0) is 27.5 Å². The Kier molecular flexibility index (Phi) is 17.9. The highest BCUT2D eigenvalue weighted by atomic mass is 16.3. The molecule has 2 aromatic heterocycles. The van der Waals surface area contributed by atoms with E-state index < -0.39 is 23.8 Å². The van der Waals surface area contributed by atoms with E-state index >= 15 is 0 Å². The lowest BCUT2D eigenvalue weighted by Gasteiger charge is -2.35. The minimum atomic E-state index is -1.13. The highest BCUT2D eigenvalue weighted by molar-refractivity contribution is 5.93. The third-order valence-corrected chi connectivity index (χ3v) is 14.2. The third-order valence-electron chi connectivity index (χ3n) is 14.2. The molecule has 418 valence electrons. The van der Waals surface area contributed by atoms with Crippen LogP contribution >= 0.6 is 0 Å². The molecule has 2 saturated heterocycles. The molecule has 0 spiro atoms. The van der Waals surface area contributed by atoms with Gasteiger partial charge < -0.3 is 51.9 Å². The standard InChI is InChI=1S/C56H70N14O9/c1-7-58-55(78)52-63-61-50(41-25-39(33(3)4)44(71)28-46(41)73)69(52)37-13-9-35(10-14-37)31-65-17-21-67(22-18-65)48(75)27-43(57)54(77)60-30-49(76)68-23-19-66(20-24-68)32-36-11-15-38(16-12-36)70-51(62-64-53(70)56(79)59-8-2)42-26-40(34(5)6)45(72)29-47(42)74/h9-16,25-26,28-29,33-34,43,71-74H,7-8,17-24,27,30-32,57H2,1-6H3,(H,58,78)(H,59,79)(H,60,77)/t43-/m0/s1. The summed E-state index contributed by atoms with van der Waals surface area (Å²) in [5.74, 6) is -2.03. The predicted octanol–water partition coefficient (Wildman–Crippen LogP) is 3.57. The van der Waals surface area contributed by atoms with Crippen molar-refractivity contribution in [2.45, 2.75) is 78.9 Å². The van der Waals surface area contributed by atoms with Gasteiger partial charge in [0.15, 0.2) is 11.6 Å². The van der Waals surface area contributed by atoms with Crippen LogP contribution < -0.4 is 21.7 Å². The van der Waals surface area contributed by atoms with E-state index in [9.17, 15) is 44.4 Å². The van der Waals surface area contributed by atoms with E-state index in [0.717, 1.165) is 11.1 Å². The van der Waals surface area contributed by atoms with Crippen molar-refractivity contribution in [2.75, 3.05) is 72.0 Å². The number of phenols is 4. The van der Waals surface area contributed by atoms with E-state index in [-0.39, 0.29) is 82.9 Å². The smallest absolute Gasteiger partial charge is 0.289 e. The van der Waals surface area contributed by atoms with Gasteiger partial charge in [0.25, 0.3) is 11.8 Å². The molecule has 8 rings (SSSR count). The van der Waals surface area contributed by atoms with Crippen LogP contribution in [0.4, 0.5) is 0 Å². The molecule has 0 radical (unpaired) electrons. The number of benzene rings is 4. The molecule has 1 atom stereocenters. The van der Waals surface area contributed by atoms with E-state index in [1.807, 2.05) is 76.2 Å². The maximum Gasteiger partial charge on any atom is 0.289 e. The topological polar surface area (TPSA) is 303 Å². The highest BCUT2D eigenvalue weighted by Gasteiger charge is 2.30. The first-order valence-corrected chi connectivity index (χ1v) is 26.7. The molecule has 2 fully saturated rings. The summed E-state index contributed by atoms with van der Waals surface area (Å²) in [6, 6.07) is 19.8. The maximum atomic E-state index is 13.3. The van der Waals surface area contributed by atoms with Gasteiger partial charge in [-0.15, -0.1) is 20.4 Å². The Morgan fingerprint density at radius 2 is 0.924 bits per heavy atom. The van der Waals surface area contributed by atoms with Gasteiger partial charge >= 0.3 is 0 Å². The molecule has 23 heteroatoms. The first-order chi connectivity index (χ1) is 37.8. The minimum absolute atomic E-state index is 0.0359. The van der Waals surface area contributed by atoms with Crippen molar-refractivity contribution < 1.29 is 44.4 Å². The Hall–Kier alpha value is -8.41. The van der Waals surface area contributed by atoms with Crippen molar-refractivity contribution in [1.29, 1.82) is 0 Å². The van der Waals surface area contributed by atoms with Gasteiger partial charge in [-0.05, 0) is 84.3 Å². The number of hydrogen-bond donors (Lipinski definition) is 8. The van der Waals surface area contributed by atoms with Crippen LogP contribution in [0.25, 0.3) is 34.2 Å². The van der Waals surface area contributed by atoms with Gasteiger partial charge in [0.05, 0.1) is 30.1 Å². The zero-order chi connectivity index (χ0) is 56.7. The number of phenolic OH excluding ortho intramolecular Hbond substituents is 4. The first-order valence-electron chi connectivity index (χ1n) is 26.7. The summed E-state index contributed by atoms with van der Waals surface area (Å²) in [7, 11) is 0. The first kappa shape index (κ1) is 56.8. The van der Waals surface area contributed by atoms with Gasteiger partial charge in [-0.1, -0.05) is 52.0 Å². The number of rotatable bonds is 19. The van der Waals surface area contributed by atoms with Gasteiger partial charge in [-0.2, -0.15) is 0 Å². The number of aromatic hydroxyl groups is 4. The summed E-state index contributed by atoms with van der Waals surface area (Å²) >= 11 is 0. The van der Waals surface area contributed by atoms with Crippen LogP contribution in [-0.4, -0.2) is 177 Å². The van der Waals surface area contributed by atoms with Crippen LogP contribution in [0, 0.1) is 0 Å². The molecule has 2 aliphatic heterocycles. The maximum absolute atomic E-state index is 13.3. The van der Waals surface area contributed by atoms with Gasteiger partial charge in [0, 0.05) is 102 Å². The fourth-order valence-electron chi connectivity index (χ4n) is 9.79. The SMILES string of the molecule is CCNC(=O)c1nnc(-c2cc(C(C)C)c(O)cc2O)n1-c1ccc(CN2CCN(C(=O)CNC(=O)[C@@H](N)CC(=O)N3CCN(Cc4ccc(-n5c(C(=O)NCC)nnc5-c5cc(C(C)C)c(O)cc5O)cc4)CC3)CC2)cc1. The Balaban J connectivity index is 0.784. The minimum Gasteiger partial charge on any atom is -0.508 e. The second-order valence-electron chi connectivity index (χ2n) is 20.4. The fraction of sp³-hybridized carbons (Fsp3) is 0.411. The number of piperazine rings is 2. The zero-order valence-corrected chi connectivity index (χ0v) is 45.4. The highest BCUT2D eigenvalue weighted by Crippen LogP contribution is 2.40. The average Bonchev–Trinajstić information content (AvgIpc) is 4.20. The summed E-state index contributed by atoms with van der Waals surface area (Å²) < 4.78 is 3.16. The number of hydrogen-bond acceptors (Lipinski definition) is 16. The number of nitrogens with zero attached hydrogens (tertiary/aromatic N) is 10. The van der Waals surface area contributed by atoms with E-state index in [4.69, 9.17) is 5.73 Å². The summed E-state index contributed by atoms with van der Waals surface area (Å²) in [5.41, 5.74) is 11.2. The molecule has 0 saturated carbocycles. The number of aromatic nitrogens is 6. The Morgan fingerprint density at radius 1 is 0.532 bits per heavy atom. The van der Waals surface area contributed by atoms with Gasteiger partial charge in [-0.25, -0.2) is 0 Å². The van der Waals surface area contributed by atoms with Crippen LogP contribution in [0.15, 0.2) is 72.8 Å². The molecule has 0 unspecified atom stereocenters. The second-order valence-corrected chi connectivity index (χ2v) is 20.4. The van der Waals surface area contributed by atoms with Crippen molar-refractivity contribution in [3.8, 4) is 57.1 Å². The quantitative estimate of drug-likeness (QED) is 0.0575. The van der Waals surface area contributed by atoms with Crippen LogP contribution in [0.1, 0.15) is 103 Å². The molecule has 4 heterocycles. The molecule has 0 bridgehead atoms. The Bertz CT molecular complexity index is 3180. The third kappa shape index (κ3) is 13.0. The second kappa shape index (κ2) is 24.9. The van der Waals surface area contributed by atoms with Crippen molar-refractivity contribution in [2.24, 2.45) is 5.73 Å². The molecule has 4 aromatic carbocycles. The molecule has 5 amide bonds. The molecule has 9 N–H and O–H groups in total. The summed E-state index contributed by atoms with van der Waals surface area (Å²) in [4.78, 5) is 73.6. The molecular formula is C56H70N14O9. The summed E-state index contributed by atoms with van der Waals surface area (Å²) in [6.07, 6.45) is -0.206. The number of carbonyl (C=O) groups excluding carboxylic acids is 5. The van der Waals surface area contributed by atoms with Gasteiger partial charge in [-0.3, -0.25) is 42.9 Å². The van der Waals surface area contributed by atoms with Crippen LogP contribution in [0.3, 0.4) is 0 Å². The van der Waals surface area contributed by atoms with Crippen molar-refractivity contribution in [3.63, 3.8) is 0 Å². The normalized spacial score (nSPS) is 14.6. The number of amides is 5. The number of nitrogens with one attached hydrogen (secondary N) is 3. The molecule has 0 aliphatic carbocycles. The van der Waals surface area contributed by atoms with Crippen molar-refractivity contribution >= 4 is 29.5 Å². The lowest BCUT2D eigenvalue weighted by molar-refractivity contribution is -0.136. The van der Waals surface area contributed by atoms with E-state index in [2.05, 4.69) is 46.1 Å². The number of nitrogens with two attached hydrogens (primary N) is 1. The summed E-state index contributed by atoms with van der Waals surface area (Å²) in [6.45, 7) is 17.1. The lowest BCUT2D eigenvalue weighted by Crippen LogP contribution is -2.53. The lowest BCUT2D eigenvalue weighted by atomic mass is 9.98. The van der Waals surface area contributed by atoms with E-state index in [1.54, 1.807) is 44.9 Å². The number of carbonyl (C=O) groups is 5. The monoisotopic (exact) mass is 1080 g/mol.